The summed E-state index contributed by atoms with van der Waals surface area (Å²) < 4.78 is 18.5. The number of ether oxygens (including phenoxy) is 1. The van der Waals surface area contributed by atoms with E-state index in [9.17, 15) is 9.18 Å². The van der Waals surface area contributed by atoms with Crippen LogP contribution in [0.25, 0.3) is 0 Å². The molecule has 0 aromatic heterocycles. The van der Waals surface area contributed by atoms with Gasteiger partial charge in [0.1, 0.15) is 18.1 Å². The Hall–Kier alpha value is -3.09. The average molecular weight is 386 g/mol. The number of carbonyl (C=O) groups excluding carboxylic acids is 1. The topological polar surface area (TPSA) is 66.0 Å². The molecule has 0 aliphatic carbocycles. The molecule has 7 heteroatoms. The molecule has 0 saturated heterocycles. The number of carbonyl (C=O) groups is 1. The maximum absolute atomic E-state index is 13.4. The number of guanidine groups is 1. The third-order valence-electron chi connectivity index (χ3n) is 4.03. The monoisotopic (exact) mass is 386 g/mol. The second-order valence-corrected chi connectivity index (χ2v) is 6.28. The van der Waals surface area contributed by atoms with Crippen molar-refractivity contribution in [2.24, 2.45) is 4.99 Å². The molecule has 6 nitrogen and oxygen atoms in total. The van der Waals surface area contributed by atoms with Gasteiger partial charge in [-0.25, -0.2) is 9.38 Å². The molecule has 150 valence electrons. The van der Waals surface area contributed by atoms with Crippen LogP contribution in [0.3, 0.4) is 0 Å². The van der Waals surface area contributed by atoms with E-state index < -0.39 is 0 Å². The molecule has 28 heavy (non-hydrogen) atoms. The number of halogens is 1. The van der Waals surface area contributed by atoms with Crippen LogP contribution in [0.4, 0.5) is 4.39 Å². The van der Waals surface area contributed by atoms with E-state index in [2.05, 4.69) is 15.6 Å². The normalized spacial score (nSPS) is 11.1. The second kappa shape index (κ2) is 10.9. The van der Waals surface area contributed by atoms with Crippen molar-refractivity contribution in [1.82, 2.24) is 15.5 Å². The van der Waals surface area contributed by atoms with Gasteiger partial charge in [-0.15, -0.1) is 0 Å². The van der Waals surface area contributed by atoms with Crippen molar-refractivity contribution in [1.29, 1.82) is 0 Å². The van der Waals surface area contributed by atoms with Gasteiger partial charge in [0.05, 0.1) is 7.11 Å². The van der Waals surface area contributed by atoms with Gasteiger partial charge < -0.3 is 20.3 Å². The Bertz CT molecular complexity index is 793. The fraction of sp³-hybridized carbons (Fsp3) is 0.333. The first-order chi connectivity index (χ1) is 13.5. The van der Waals surface area contributed by atoms with E-state index in [0.717, 1.165) is 16.9 Å². The van der Waals surface area contributed by atoms with Crippen LogP contribution in [0.5, 0.6) is 5.75 Å². The fourth-order valence-electron chi connectivity index (χ4n) is 2.60. The van der Waals surface area contributed by atoms with Crippen LogP contribution in [0.1, 0.15) is 18.1 Å². The van der Waals surface area contributed by atoms with Crippen molar-refractivity contribution in [3.05, 3.63) is 65.5 Å². The van der Waals surface area contributed by atoms with E-state index in [4.69, 9.17) is 4.74 Å². The molecule has 0 heterocycles. The number of methoxy groups -OCH3 is 1. The van der Waals surface area contributed by atoms with Crippen molar-refractivity contribution in [2.75, 3.05) is 27.2 Å². The Kier molecular flexibility index (Phi) is 8.27. The van der Waals surface area contributed by atoms with Crippen molar-refractivity contribution < 1.29 is 13.9 Å². The number of nitrogens with zero attached hydrogens (tertiary/aromatic N) is 2. The summed E-state index contributed by atoms with van der Waals surface area (Å²) in [6, 6.07) is 13.9. The van der Waals surface area contributed by atoms with Crippen LogP contribution in [0.15, 0.2) is 53.5 Å². The summed E-state index contributed by atoms with van der Waals surface area (Å²) in [5, 5.41) is 5.99. The largest absolute Gasteiger partial charge is 0.497 e. The molecule has 0 aliphatic heterocycles. The molecule has 0 aliphatic rings. The van der Waals surface area contributed by atoms with E-state index in [-0.39, 0.29) is 18.3 Å². The summed E-state index contributed by atoms with van der Waals surface area (Å²) in [4.78, 5) is 18.4. The van der Waals surface area contributed by atoms with Crippen LogP contribution < -0.4 is 15.4 Å². The first-order valence-corrected chi connectivity index (χ1v) is 9.15. The van der Waals surface area contributed by atoms with Gasteiger partial charge in [0.2, 0.25) is 5.91 Å². The zero-order valence-corrected chi connectivity index (χ0v) is 16.5. The molecule has 0 atom stereocenters. The number of hydrogen-bond donors (Lipinski definition) is 2. The summed E-state index contributed by atoms with van der Waals surface area (Å²) in [7, 11) is 3.46. The molecule has 2 N–H and O–H groups in total. The molecule has 2 aromatic carbocycles. The number of amides is 1. The molecule has 0 unspecified atom stereocenters. The van der Waals surface area contributed by atoms with Crippen LogP contribution in [-0.4, -0.2) is 44.0 Å². The first-order valence-electron chi connectivity index (χ1n) is 9.15. The highest BCUT2D eigenvalue weighted by atomic mass is 19.1. The van der Waals surface area contributed by atoms with Crippen molar-refractivity contribution in [3.8, 4) is 5.75 Å². The van der Waals surface area contributed by atoms with Crippen LogP contribution in [-0.2, 0) is 17.9 Å². The van der Waals surface area contributed by atoms with Crippen LogP contribution in [0.2, 0.25) is 0 Å². The number of rotatable bonds is 8. The Morgan fingerprint density at radius 1 is 1.14 bits per heavy atom. The molecular formula is C21H27FN4O2. The predicted octanol–water partition coefficient (Wildman–Crippen LogP) is 2.55. The summed E-state index contributed by atoms with van der Waals surface area (Å²) in [5.74, 6) is 0.916. The van der Waals surface area contributed by atoms with Gasteiger partial charge in [0, 0.05) is 26.7 Å². The maximum atomic E-state index is 13.4. The number of nitrogens with one attached hydrogen (secondary N) is 2. The minimum Gasteiger partial charge on any atom is -0.497 e. The van der Waals surface area contributed by atoms with E-state index >= 15 is 0 Å². The van der Waals surface area contributed by atoms with Gasteiger partial charge in [-0.1, -0.05) is 24.3 Å². The van der Waals surface area contributed by atoms with E-state index in [0.29, 0.717) is 25.6 Å². The summed E-state index contributed by atoms with van der Waals surface area (Å²) in [6.45, 7) is 3.53. The van der Waals surface area contributed by atoms with Gasteiger partial charge in [0.15, 0.2) is 5.96 Å². The summed E-state index contributed by atoms with van der Waals surface area (Å²) >= 11 is 0. The lowest BCUT2D eigenvalue weighted by atomic mass is 10.2. The second-order valence-electron chi connectivity index (χ2n) is 6.28. The minimum absolute atomic E-state index is 0.00593. The number of hydrogen-bond acceptors (Lipinski definition) is 3. The lowest BCUT2D eigenvalue weighted by molar-refractivity contribution is -0.119. The third-order valence-corrected chi connectivity index (χ3v) is 4.03. The lowest BCUT2D eigenvalue weighted by Crippen LogP contribution is -2.39. The van der Waals surface area contributed by atoms with Crippen molar-refractivity contribution >= 4 is 11.9 Å². The first kappa shape index (κ1) is 21.2. The van der Waals surface area contributed by atoms with Crippen molar-refractivity contribution in [3.63, 3.8) is 0 Å². The third kappa shape index (κ3) is 6.90. The Morgan fingerprint density at radius 3 is 2.54 bits per heavy atom. The molecule has 0 radical (unpaired) electrons. The molecule has 0 spiro atoms. The SMILES string of the molecule is CCNC(=NCC(=O)NCc1ccc(OC)cc1)N(C)Cc1cccc(F)c1. The molecular weight excluding hydrogens is 359 g/mol. The minimum atomic E-state index is -0.272. The Balaban J connectivity index is 1.89. The zero-order chi connectivity index (χ0) is 20.4. The van der Waals surface area contributed by atoms with Crippen LogP contribution in [0, 0.1) is 5.82 Å². The number of benzene rings is 2. The quantitative estimate of drug-likeness (QED) is 0.541. The van der Waals surface area contributed by atoms with Gasteiger partial charge in [-0.2, -0.15) is 0 Å². The molecule has 2 aromatic rings. The zero-order valence-electron chi connectivity index (χ0n) is 16.5. The van der Waals surface area contributed by atoms with Gasteiger partial charge >= 0.3 is 0 Å². The summed E-state index contributed by atoms with van der Waals surface area (Å²) in [6.07, 6.45) is 0. The molecule has 0 saturated carbocycles. The Morgan fingerprint density at radius 2 is 1.89 bits per heavy atom. The molecule has 0 fully saturated rings. The standard InChI is InChI=1S/C21H27FN4O2/c1-4-23-21(26(2)15-17-6-5-7-18(22)12-17)25-14-20(27)24-13-16-8-10-19(28-3)11-9-16/h5-12H,4,13-15H2,1-3H3,(H,23,25)(H,24,27). The van der Waals surface area contributed by atoms with Crippen LogP contribution >= 0.6 is 0 Å². The molecule has 2 rings (SSSR count). The summed E-state index contributed by atoms with van der Waals surface area (Å²) in [5.41, 5.74) is 1.81. The predicted molar refractivity (Wildman–Crippen MR) is 109 cm³/mol. The highest BCUT2D eigenvalue weighted by Crippen LogP contribution is 2.11. The number of aliphatic imine (C=N–C) groups is 1. The lowest BCUT2D eigenvalue weighted by Gasteiger charge is -2.22. The van der Waals surface area contributed by atoms with Gasteiger partial charge in [-0.05, 0) is 42.3 Å². The fourth-order valence-corrected chi connectivity index (χ4v) is 2.60. The smallest absolute Gasteiger partial charge is 0.242 e. The molecule has 0 bridgehead atoms. The highest BCUT2D eigenvalue weighted by molar-refractivity contribution is 5.84. The van der Waals surface area contributed by atoms with Gasteiger partial charge in [-0.3, -0.25) is 4.79 Å². The van der Waals surface area contributed by atoms with Crippen molar-refractivity contribution in [2.45, 2.75) is 20.0 Å². The van der Waals surface area contributed by atoms with E-state index in [1.165, 1.54) is 12.1 Å². The van der Waals surface area contributed by atoms with Gasteiger partial charge in [0.25, 0.3) is 0 Å². The Labute approximate surface area is 165 Å². The highest BCUT2D eigenvalue weighted by Gasteiger charge is 2.08. The average Bonchev–Trinajstić information content (AvgIpc) is 2.69. The molecule has 1 amide bonds. The van der Waals surface area contributed by atoms with E-state index in [1.807, 2.05) is 49.2 Å². The maximum Gasteiger partial charge on any atom is 0.242 e. The van der Waals surface area contributed by atoms with E-state index in [1.54, 1.807) is 13.2 Å².